The van der Waals surface area contributed by atoms with E-state index in [1.807, 2.05) is 12.2 Å². The van der Waals surface area contributed by atoms with Crippen LogP contribution < -0.4 is 0 Å². The van der Waals surface area contributed by atoms with Gasteiger partial charge in [-0.3, -0.25) is 4.79 Å². The molecule has 1 rings (SSSR count). The van der Waals surface area contributed by atoms with E-state index >= 15 is 0 Å². The summed E-state index contributed by atoms with van der Waals surface area (Å²) >= 11 is 0. The second-order valence-corrected chi connectivity index (χ2v) is 13.8. The van der Waals surface area contributed by atoms with Gasteiger partial charge in [0.15, 0.2) is 12.4 Å². The molecule has 1 aliphatic heterocycles. The van der Waals surface area contributed by atoms with Gasteiger partial charge in [0.1, 0.15) is 31.0 Å². The molecule has 1 saturated heterocycles. The lowest BCUT2D eigenvalue weighted by Gasteiger charge is -2.39. The van der Waals surface area contributed by atoms with Crippen LogP contribution in [0.15, 0.2) is 36.5 Å². The van der Waals surface area contributed by atoms with Crippen molar-refractivity contribution in [1.29, 1.82) is 0 Å². The molecule has 0 spiro atoms. The van der Waals surface area contributed by atoms with Crippen molar-refractivity contribution in [2.24, 2.45) is 0 Å². The molecule has 10 heteroatoms. The first-order valence-corrected chi connectivity index (χ1v) is 20.1. The van der Waals surface area contributed by atoms with Crippen LogP contribution in [0.3, 0.4) is 0 Å². The van der Waals surface area contributed by atoms with Crippen molar-refractivity contribution in [3.8, 4) is 0 Å². The van der Waals surface area contributed by atoms with Crippen LogP contribution in [-0.4, -0.2) is 89.0 Å². The molecule has 10 nitrogen and oxygen atoms in total. The summed E-state index contributed by atoms with van der Waals surface area (Å²) in [5, 5.41) is 39.9. The highest BCUT2D eigenvalue weighted by Crippen LogP contribution is 2.22. The van der Waals surface area contributed by atoms with Crippen molar-refractivity contribution < 1.29 is 49.0 Å². The van der Waals surface area contributed by atoms with Crippen molar-refractivity contribution in [3.05, 3.63) is 36.5 Å². The molecular weight excluding hydrogens is 652 g/mol. The Labute approximate surface area is 308 Å². The number of esters is 2. The molecule has 0 bridgehead atoms. The fourth-order valence-electron chi connectivity index (χ4n) is 5.85. The minimum Gasteiger partial charge on any atom is -0.458 e. The first-order valence-electron chi connectivity index (χ1n) is 20.1. The normalized spacial score (nSPS) is 21.6. The lowest BCUT2D eigenvalue weighted by molar-refractivity contribution is -0.305. The van der Waals surface area contributed by atoms with Gasteiger partial charge in [-0.1, -0.05) is 141 Å². The lowest BCUT2D eigenvalue weighted by Crippen LogP contribution is -2.59. The monoisotopic (exact) mass is 725 g/mol. The third kappa shape index (κ3) is 24.7. The Morgan fingerprint density at radius 1 is 0.647 bits per heavy atom. The lowest BCUT2D eigenvalue weighted by atomic mass is 9.99. The standard InChI is InChI=1S/C41H72O10/c1-3-5-7-9-11-13-15-16-17-18-20-21-23-25-27-29-36(43)48-32-34(33-49-41-40(47)39(46)38(45)35(31-42)51-41)50-37(44)30-28-26-24-22-19-14-12-10-8-6-4-2/h10,12,23,25,27,29,34-35,38-42,45-47H,3-9,11,13-22,24,26,28,30-33H2,1-2H3/b12-10+,25-23+,29-27+/t34-,35-,38+,39?,40?,41-/m0/s1. The van der Waals surface area contributed by atoms with E-state index in [1.165, 1.54) is 83.1 Å². The Hall–Kier alpha value is -2.08. The Balaban J connectivity index is 2.44. The second-order valence-electron chi connectivity index (χ2n) is 13.8. The molecule has 0 aliphatic carbocycles. The summed E-state index contributed by atoms with van der Waals surface area (Å²) in [5.41, 5.74) is 0. The molecule has 0 saturated carbocycles. The molecule has 0 radical (unpaired) electrons. The summed E-state index contributed by atoms with van der Waals surface area (Å²) in [5.74, 6) is -1.07. The Morgan fingerprint density at radius 3 is 1.80 bits per heavy atom. The number of hydrogen-bond acceptors (Lipinski definition) is 10. The molecule has 2 unspecified atom stereocenters. The van der Waals surface area contributed by atoms with Gasteiger partial charge in [-0.2, -0.15) is 0 Å². The van der Waals surface area contributed by atoms with Crippen LogP contribution in [0.1, 0.15) is 155 Å². The van der Waals surface area contributed by atoms with Crippen LogP contribution >= 0.6 is 0 Å². The fraction of sp³-hybridized carbons (Fsp3) is 0.805. The van der Waals surface area contributed by atoms with Gasteiger partial charge < -0.3 is 39.4 Å². The zero-order valence-corrected chi connectivity index (χ0v) is 31.8. The average molecular weight is 725 g/mol. The molecule has 1 aliphatic rings. The Kier molecular flexibility index (Phi) is 30.0. The van der Waals surface area contributed by atoms with E-state index in [2.05, 4.69) is 26.0 Å². The van der Waals surface area contributed by atoms with E-state index in [9.17, 15) is 30.0 Å². The van der Waals surface area contributed by atoms with Crippen LogP contribution in [0.25, 0.3) is 0 Å². The van der Waals surface area contributed by atoms with Gasteiger partial charge in [0.2, 0.25) is 0 Å². The highest BCUT2D eigenvalue weighted by molar-refractivity contribution is 5.82. The fourth-order valence-corrected chi connectivity index (χ4v) is 5.85. The van der Waals surface area contributed by atoms with E-state index in [4.69, 9.17) is 18.9 Å². The van der Waals surface area contributed by atoms with Gasteiger partial charge in [0.25, 0.3) is 0 Å². The van der Waals surface area contributed by atoms with Crippen LogP contribution in [-0.2, 0) is 28.5 Å². The van der Waals surface area contributed by atoms with Gasteiger partial charge in [0, 0.05) is 12.5 Å². The van der Waals surface area contributed by atoms with Crippen LogP contribution in [0.5, 0.6) is 0 Å². The molecule has 296 valence electrons. The molecule has 0 amide bonds. The van der Waals surface area contributed by atoms with Crippen LogP contribution in [0, 0.1) is 0 Å². The van der Waals surface area contributed by atoms with Crippen molar-refractivity contribution >= 4 is 11.9 Å². The molecular formula is C41H72O10. The van der Waals surface area contributed by atoms with Crippen molar-refractivity contribution in [2.75, 3.05) is 19.8 Å². The molecule has 6 atom stereocenters. The van der Waals surface area contributed by atoms with Gasteiger partial charge in [-0.15, -0.1) is 0 Å². The quantitative estimate of drug-likeness (QED) is 0.0180. The maximum absolute atomic E-state index is 12.7. The topological polar surface area (TPSA) is 152 Å². The number of ether oxygens (including phenoxy) is 4. The third-order valence-corrected chi connectivity index (χ3v) is 9.10. The maximum atomic E-state index is 12.7. The predicted octanol–water partition coefficient (Wildman–Crippen LogP) is 7.55. The summed E-state index contributed by atoms with van der Waals surface area (Å²) in [7, 11) is 0. The van der Waals surface area contributed by atoms with Gasteiger partial charge in [-0.05, 0) is 38.5 Å². The first-order chi connectivity index (χ1) is 24.8. The van der Waals surface area contributed by atoms with Crippen molar-refractivity contribution in [1.82, 2.24) is 0 Å². The van der Waals surface area contributed by atoms with Crippen LogP contribution in [0.2, 0.25) is 0 Å². The highest BCUT2D eigenvalue weighted by Gasteiger charge is 2.44. The molecule has 1 fully saturated rings. The number of rotatable bonds is 32. The number of aliphatic hydroxyl groups is 4. The zero-order chi connectivity index (χ0) is 37.4. The molecule has 0 aromatic heterocycles. The molecule has 1 heterocycles. The SMILES string of the molecule is CCCC/C=C/CCCCCCCC(=O)O[C@@H](COC(=O)/C=C/C=C/CCCCCCCCCCCCC)CO[C@H]1O[C@@H](CO)[C@@H](O)C(O)C1O. The Morgan fingerprint density at radius 2 is 1.20 bits per heavy atom. The number of carbonyl (C=O) groups excluding carboxylic acids is 2. The summed E-state index contributed by atoms with van der Waals surface area (Å²) in [6.07, 6.45) is 27.9. The van der Waals surface area contributed by atoms with Gasteiger partial charge in [0.05, 0.1) is 13.2 Å². The summed E-state index contributed by atoms with van der Waals surface area (Å²) < 4.78 is 21.9. The van der Waals surface area contributed by atoms with Crippen molar-refractivity contribution in [3.63, 3.8) is 0 Å². The minimum absolute atomic E-state index is 0.200. The molecule has 51 heavy (non-hydrogen) atoms. The highest BCUT2D eigenvalue weighted by atomic mass is 16.7. The first kappa shape index (κ1) is 46.9. The van der Waals surface area contributed by atoms with Crippen LogP contribution in [0.4, 0.5) is 0 Å². The smallest absolute Gasteiger partial charge is 0.330 e. The van der Waals surface area contributed by atoms with Gasteiger partial charge >= 0.3 is 11.9 Å². The molecule has 4 N–H and O–H groups in total. The number of hydrogen-bond donors (Lipinski definition) is 4. The minimum atomic E-state index is -1.61. The summed E-state index contributed by atoms with van der Waals surface area (Å²) in [6.45, 7) is 3.23. The largest absolute Gasteiger partial charge is 0.458 e. The maximum Gasteiger partial charge on any atom is 0.330 e. The number of allylic oxidation sites excluding steroid dienone is 5. The second kappa shape index (κ2) is 32.6. The third-order valence-electron chi connectivity index (χ3n) is 9.10. The zero-order valence-electron chi connectivity index (χ0n) is 31.8. The van der Waals surface area contributed by atoms with E-state index in [0.29, 0.717) is 6.42 Å². The van der Waals surface area contributed by atoms with E-state index < -0.39 is 55.4 Å². The summed E-state index contributed by atoms with van der Waals surface area (Å²) in [4.78, 5) is 25.0. The van der Waals surface area contributed by atoms with E-state index in [1.54, 1.807) is 6.08 Å². The van der Waals surface area contributed by atoms with E-state index in [-0.39, 0.29) is 19.6 Å². The predicted molar refractivity (Wildman–Crippen MR) is 201 cm³/mol. The van der Waals surface area contributed by atoms with Crippen molar-refractivity contribution in [2.45, 2.75) is 192 Å². The van der Waals surface area contributed by atoms with E-state index in [0.717, 1.165) is 51.4 Å². The average Bonchev–Trinajstić information content (AvgIpc) is 3.13. The number of carbonyl (C=O) groups is 2. The number of unbranched alkanes of at least 4 members (excludes halogenated alkanes) is 18. The molecule has 0 aromatic carbocycles. The Bertz CT molecular complexity index is 933. The number of aliphatic hydroxyl groups excluding tert-OH is 4. The summed E-state index contributed by atoms with van der Waals surface area (Å²) in [6, 6.07) is 0. The van der Waals surface area contributed by atoms with Gasteiger partial charge in [-0.25, -0.2) is 4.79 Å². The molecule has 0 aromatic rings.